The average Bonchev–Trinajstić information content (AvgIpc) is 2.43. The van der Waals surface area contributed by atoms with Gasteiger partial charge in [-0.25, -0.2) is 0 Å². The smallest absolute Gasteiger partial charge is 0.188 e. The van der Waals surface area contributed by atoms with E-state index in [1.54, 1.807) is 24.3 Å². The van der Waals surface area contributed by atoms with E-state index in [0.29, 0.717) is 25.4 Å². The molecule has 1 aromatic rings. The Morgan fingerprint density at radius 3 is 2.42 bits per heavy atom. The monoisotopic (exact) mass is 266 g/mol. The zero-order valence-electron chi connectivity index (χ0n) is 11.8. The van der Waals surface area contributed by atoms with Gasteiger partial charge < -0.3 is 14.2 Å². The predicted octanol–water partition coefficient (Wildman–Crippen LogP) is 2.71. The number of hydrogen-bond acceptors (Lipinski definition) is 4. The van der Waals surface area contributed by atoms with Gasteiger partial charge in [-0.05, 0) is 45.0 Å². The van der Waals surface area contributed by atoms with Crippen molar-refractivity contribution in [3.8, 4) is 5.75 Å². The van der Waals surface area contributed by atoms with Crippen molar-refractivity contribution in [1.29, 1.82) is 0 Å². The summed E-state index contributed by atoms with van der Waals surface area (Å²) in [5, 5.41) is 0. The third-order valence-corrected chi connectivity index (χ3v) is 2.54. The Labute approximate surface area is 114 Å². The number of ether oxygens (including phenoxy) is 3. The van der Waals surface area contributed by atoms with Crippen molar-refractivity contribution in [2.24, 2.45) is 0 Å². The molecule has 0 aromatic heterocycles. The van der Waals surface area contributed by atoms with Gasteiger partial charge in [-0.2, -0.15) is 0 Å². The largest absolute Gasteiger partial charge is 0.494 e. The van der Waals surface area contributed by atoms with Crippen molar-refractivity contribution in [3.05, 3.63) is 29.8 Å². The Morgan fingerprint density at radius 1 is 1.16 bits per heavy atom. The van der Waals surface area contributed by atoms with Crippen LogP contribution in [0, 0.1) is 0 Å². The van der Waals surface area contributed by atoms with Crippen LogP contribution in [0.4, 0.5) is 0 Å². The van der Waals surface area contributed by atoms with Crippen LogP contribution in [0.1, 0.15) is 31.1 Å². The Hall–Kier alpha value is -1.39. The van der Waals surface area contributed by atoms with Crippen LogP contribution in [0.15, 0.2) is 24.3 Å². The molecule has 106 valence electrons. The van der Waals surface area contributed by atoms with Crippen molar-refractivity contribution in [3.63, 3.8) is 0 Å². The van der Waals surface area contributed by atoms with Crippen LogP contribution in [0.2, 0.25) is 0 Å². The highest BCUT2D eigenvalue weighted by Gasteiger charge is 2.09. The van der Waals surface area contributed by atoms with Gasteiger partial charge in [-0.15, -0.1) is 0 Å². The molecular formula is C15H22O4. The molecular weight excluding hydrogens is 244 g/mol. The minimum atomic E-state index is -0.0772. The van der Waals surface area contributed by atoms with Gasteiger partial charge >= 0.3 is 0 Å². The zero-order chi connectivity index (χ0) is 14.1. The Balaban J connectivity index is 2.40. The van der Waals surface area contributed by atoms with Crippen LogP contribution in [-0.4, -0.2) is 38.3 Å². The van der Waals surface area contributed by atoms with Crippen LogP contribution in [-0.2, 0) is 9.47 Å². The normalized spacial score (nSPS) is 12.2. The number of ketones is 1. The van der Waals surface area contributed by atoms with Gasteiger partial charge in [0.25, 0.3) is 0 Å². The molecule has 0 saturated carbocycles. The summed E-state index contributed by atoms with van der Waals surface area (Å²) in [6.07, 6.45) is -0.0772. The first-order valence-electron chi connectivity index (χ1n) is 6.62. The van der Waals surface area contributed by atoms with Crippen molar-refractivity contribution in [1.82, 2.24) is 0 Å². The minimum absolute atomic E-state index is 0.0357. The quantitative estimate of drug-likeness (QED) is 0.645. The molecule has 0 heterocycles. The van der Waals surface area contributed by atoms with Crippen molar-refractivity contribution >= 4 is 5.78 Å². The van der Waals surface area contributed by atoms with Gasteiger partial charge in [0.1, 0.15) is 12.4 Å². The molecule has 0 fully saturated rings. The van der Waals surface area contributed by atoms with E-state index >= 15 is 0 Å². The van der Waals surface area contributed by atoms with Gasteiger partial charge in [-0.1, -0.05) is 0 Å². The number of benzene rings is 1. The van der Waals surface area contributed by atoms with E-state index in [0.717, 1.165) is 5.75 Å². The van der Waals surface area contributed by atoms with Crippen molar-refractivity contribution in [2.75, 3.05) is 26.4 Å². The molecule has 0 spiro atoms. The lowest BCUT2D eigenvalue weighted by molar-refractivity contribution is 0.00115. The number of hydrogen-bond donors (Lipinski definition) is 0. The molecule has 0 radical (unpaired) electrons. The third-order valence-electron chi connectivity index (χ3n) is 2.54. The molecule has 0 N–H and O–H groups in total. The van der Waals surface area contributed by atoms with Crippen LogP contribution < -0.4 is 4.74 Å². The first kappa shape index (κ1) is 15.7. The minimum Gasteiger partial charge on any atom is -0.494 e. The molecule has 1 aromatic carbocycles. The summed E-state index contributed by atoms with van der Waals surface area (Å²) in [6.45, 7) is 7.59. The molecule has 4 nitrogen and oxygen atoms in total. The second kappa shape index (κ2) is 8.67. The van der Waals surface area contributed by atoms with E-state index in [2.05, 4.69) is 0 Å². The Bertz CT molecular complexity index is 372. The van der Waals surface area contributed by atoms with E-state index in [-0.39, 0.29) is 18.5 Å². The van der Waals surface area contributed by atoms with Gasteiger partial charge in [0.05, 0.1) is 19.3 Å². The maximum atomic E-state index is 11.9. The number of carbonyl (C=O) groups excluding carboxylic acids is 1. The van der Waals surface area contributed by atoms with Gasteiger partial charge in [-0.3, -0.25) is 4.79 Å². The number of Topliss-reactive ketones (excluding diaryl/α,β-unsaturated/α-hetero) is 1. The standard InChI is InChI=1S/C15H22O4/c1-4-17-10-12(3)19-11-15(16)13-6-8-14(9-7-13)18-5-2/h6-9,12H,4-5,10-11H2,1-3H3. The number of carbonyl (C=O) groups is 1. The highest BCUT2D eigenvalue weighted by atomic mass is 16.5. The summed E-state index contributed by atoms with van der Waals surface area (Å²) in [5.41, 5.74) is 0.632. The molecule has 1 rings (SSSR count). The summed E-state index contributed by atoms with van der Waals surface area (Å²) in [4.78, 5) is 11.9. The molecule has 0 aliphatic heterocycles. The summed E-state index contributed by atoms with van der Waals surface area (Å²) >= 11 is 0. The zero-order valence-corrected chi connectivity index (χ0v) is 11.8. The van der Waals surface area contributed by atoms with Crippen LogP contribution in [0.5, 0.6) is 5.75 Å². The predicted molar refractivity (Wildman–Crippen MR) is 73.8 cm³/mol. The molecule has 0 aliphatic rings. The molecule has 0 saturated heterocycles. The second-order valence-corrected chi connectivity index (χ2v) is 4.16. The Kier molecular flexibility index (Phi) is 7.15. The first-order chi connectivity index (χ1) is 9.17. The van der Waals surface area contributed by atoms with Crippen LogP contribution in [0.3, 0.4) is 0 Å². The molecule has 19 heavy (non-hydrogen) atoms. The maximum absolute atomic E-state index is 11.9. The highest BCUT2D eigenvalue weighted by Crippen LogP contribution is 2.12. The molecule has 1 atom stereocenters. The lowest BCUT2D eigenvalue weighted by atomic mass is 10.1. The lowest BCUT2D eigenvalue weighted by Crippen LogP contribution is -2.20. The van der Waals surface area contributed by atoms with Gasteiger partial charge in [0.2, 0.25) is 0 Å². The van der Waals surface area contributed by atoms with E-state index in [1.807, 2.05) is 20.8 Å². The number of rotatable bonds is 9. The fourth-order valence-corrected chi connectivity index (χ4v) is 1.54. The fraction of sp³-hybridized carbons (Fsp3) is 0.533. The summed E-state index contributed by atoms with van der Waals surface area (Å²) in [6, 6.07) is 7.09. The van der Waals surface area contributed by atoms with E-state index in [1.165, 1.54) is 0 Å². The van der Waals surface area contributed by atoms with Crippen molar-refractivity contribution < 1.29 is 19.0 Å². The summed E-state index contributed by atoms with van der Waals surface area (Å²) < 4.78 is 16.0. The average molecular weight is 266 g/mol. The topological polar surface area (TPSA) is 44.8 Å². The SMILES string of the molecule is CCOCC(C)OCC(=O)c1ccc(OCC)cc1. The summed E-state index contributed by atoms with van der Waals surface area (Å²) in [5.74, 6) is 0.732. The molecule has 0 aliphatic carbocycles. The van der Waals surface area contributed by atoms with E-state index < -0.39 is 0 Å². The lowest BCUT2D eigenvalue weighted by Gasteiger charge is -2.12. The molecule has 0 bridgehead atoms. The molecule has 1 unspecified atom stereocenters. The maximum Gasteiger partial charge on any atom is 0.188 e. The van der Waals surface area contributed by atoms with E-state index in [4.69, 9.17) is 14.2 Å². The second-order valence-electron chi connectivity index (χ2n) is 4.16. The van der Waals surface area contributed by atoms with Crippen LogP contribution in [0.25, 0.3) is 0 Å². The van der Waals surface area contributed by atoms with Crippen LogP contribution >= 0.6 is 0 Å². The van der Waals surface area contributed by atoms with Gasteiger partial charge in [0.15, 0.2) is 5.78 Å². The van der Waals surface area contributed by atoms with E-state index in [9.17, 15) is 4.79 Å². The Morgan fingerprint density at radius 2 is 1.84 bits per heavy atom. The molecule has 4 heteroatoms. The fourth-order valence-electron chi connectivity index (χ4n) is 1.54. The third kappa shape index (κ3) is 5.85. The molecule has 0 amide bonds. The highest BCUT2D eigenvalue weighted by molar-refractivity contribution is 5.97. The van der Waals surface area contributed by atoms with Crippen molar-refractivity contribution in [2.45, 2.75) is 26.9 Å². The summed E-state index contributed by atoms with van der Waals surface area (Å²) in [7, 11) is 0. The first-order valence-corrected chi connectivity index (χ1v) is 6.62. The van der Waals surface area contributed by atoms with Gasteiger partial charge in [0, 0.05) is 12.2 Å².